The third-order valence-corrected chi connectivity index (χ3v) is 3.66. The van der Waals surface area contributed by atoms with E-state index >= 15 is 0 Å². The Balaban J connectivity index is 2.29. The highest BCUT2D eigenvalue weighted by Gasteiger charge is 2.30. The molecule has 0 radical (unpaired) electrons. The average molecular weight is 254 g/mol. The second kappa shape index (κ2) is 4.87. The maximum absolute atomic E-state index is 6.09. The molecule has 0 aromatic heterocycles. The highest BCUT2D eigenvalue weighted by Crippen LogP contribution is 2.38. The van der Waals surface area contributed by atoms with Gasteiger partial charge in [0.1, 0.15) is 5.75 Å². The molecule has 2 nitrogen and oxygen atoms in total. The first-order valence-electron chi connectivity index (χ1n) is 6.06. The number of benzene rings is 1. The van der Waals surface area contributed by atoms with Gasteiger partial charge in [-0.25, -0.2) is 0 Å². The zero-order valence-corrected chi connectivity index (χ0v) is 11.5. The normalized spacial score (nSPS) is 23.4. The summed E-state index contributed by atoms with van der Waals surface area (Å²) in [6, 6.07) is 5.87. The fraction of sp³-hybridized carbons (Fsp3) is 0.571. The Labute approximate surface area is 108 Å². The molecule has 1 aliphatic rings. The van der Waals surface area contributed by atoms with Gasteiger partial charge < -0.3 is 10.1 Å². The van der Waals surface area contributed by atoms with Gasteiger partial charge in [0.2, 0.25) is 0 Å². The molecule has 1 fully saturated rings. The van der Waals surface area contributed by atoms with Crippen LogP contribution in [-0.4, -0.2) is 20.2 Å². The molecule has 2 rings (SSSR count). The minimum atomic E-state index is 0.330. The van der Waals surface area contributed by atoms with E-state index in [1.54, 1.807) is 7.11 Å². The molecule has 94 valence electrons. The summed E-state index contributed by atoms with van der Waals surface area (Å²) in [7, 11) is 1.72. The van der Waals surface area contributed by atoms with Gasteiger partial charge in [0, 0.05) is 24.0 Å². The number of piperidine rings is 1. The smallest absolute Gasteiger partial charge is 0.122 e. The quantitative estimate of drug-likeness (QED) is 0.872. The Morgan fingerprint density at radius 1 is 1.41 bits per heavy atom. The first-order chi connectivity index (χ1) is 8.02. The molecule has 1 aromatic carbocycles. The van der Waals surface area contributed by atoms with E-state index in [-0.39, 0.29) is 0 Å². The van der Waals surface area contributed by atoms with Crippen LogP contribution < -0.4 is 10.1 Å². The van der Waals surface area contributed by atoms with Crippen LogP contribution in [-0.2, 0) is 0 Å². The van der Waals surface area contributed by atoms with Gasteiger partial charge in [0.05, 0.1) is 7.11 Å². The van der Waals surface area contributed by atoms with Crippen molar-refractivity contribution in [1.29, 1.82) is 0 Å². The SMILES string of the molecule is COc1ccc(Cl)cc1C1CNCC(C)(C)C1. The second-order valence-electron chi connectivity index (χ2n) is 5.58. The molecule has 0 bridgehead atoms. The van der Waals surface area contributed by atoms with Crippen molar-refractivity contribution in [2.75, 3.05) is 20.2 Å². The summed E-state index contributed by atoms with van der Waals surface area (Å²) in [5, 5.41) is 4.28. The zero-order chi connectivity index (χ0) is 12.5. The third-order valence-electron chi connectivity index (χ3n) is 3.42. The monoisotopic (exact) mass is 253 g/mol. The lowest BCUT2D eigenvalue weighted by Gasteiger charge is -2.36. The molecule has 1 atom stereocenters. The summed E-state index contributed by atoms with van der Waals surface area (Å²) < 4.78 is 5.44. The minimum Gasteiger partial charge on any atom is -0.496 e. The highest BCUT2D eigenvalue weighted by atomic mass is 35.5. The van der Waals surface area contributed by atoms with E-state index in [1.165, 1.54) is 5.56 Å². The third kappa shape index (κ3) is 2.93. The first-order valence-corrected chi connectivity index (χ1v) is 6.44. The van der Waals surface area contributed by atoms with Crippen LogP contribution >= 0.6 is 11.6 Å². The van der Waals surface area contributed by atoms with Crippen molar-refractivity contribution in [1.82, 2.24) is 5.32 Å². The van der Waals surface area contributed by atoms with Gasteiger partial charge in [-0.2, -0.15) is 0 Å². The molecule has 1 N–H and O–H groups in total. The highest BCUT2D eigenvalue weighted by molar-refractivity contribution is 6.30. The van der Waals surface area contributed by atoms with Crippen molar-refractivity contribution in [3.63, 3.8) is 0 Å². The molecular weight excluding hydrogens is 234 g/mol. The van der Waals surface area contributed by atoms with E-state index in [1.807, 2.05) is 18.2 Å². The standard InChI is InChI=1S/C14H20ClNO/c1-14(2)7-10(8-16-9-14)12-6-11(15)4-5-13(12)17-3/h4-6,10,16H,7-9H2,1-3H3. The summed E-state index contributed by atoms with van der Waals surface area (Å²) in [5.41, 5.74) is 1.55. The number of halogens is 1. The van der Waals surface area contributed by atoms with E-state index in [9.17, 15) is 0 Å². The fourth-order valence-corrected chi connectivity index (χ4v) is 2.82. The van der Waals surface area contributed by atoms with Crippen LogP contribution in [0.15, 0.2) is 18.2 Å². The summed E-state index contributed by atoms with van der Waals surface area (Å²) in [6.45, 7) is 6.67. The van der Waals surface area contributed by atoms with Crippen molar-refractivity contribution < 1.29 is 4.74 Å². The lowest BCUT2D eigenvalue weighted by molar-refractivity contribution is 0.237. The van der Waals surface area contributed by atoms with Crippen molar-refractivity contribution in [3.05, 3.63) is 28.8 Å². The van der Waals surface area contributed by atoms with Crippen LogP contribution in [0, 0.1) is 5.41 Å². The van der Waals surface area contributed by atoms with Gasteiger partial charge in [-0.3, -0.25) is 0 Å². The summed E-state index contributed by atoms with van der Waals surface area (Å²) >= 11 is 6.09. The molecule has 1 aromatic rings. The predicted octanol–water partition coefficient (Wildman–Crippen LogP) is 3.45. The van der Waals surface area contributed by atoms with Crippen molar-refractivity contribution in [3.8, 4) is 5.75 Å². The van der Waals surface area contributed by atoms with Gasteiger partial charge in [-0.05, 0) is 35.6 Å². The van der Waals surface area contributed by atoms with Crippen molar-refractivity contribution in [2.24, 2.45) is 5.41 Å². The molecule has 1 aliphatic heterocycles. The van der Waals surface area contributed by atoms with Gasteiger partial charge in [-0.1, -0.05) is 25.4 Å². The number of hydrogen-bond acceptors (Lipinski definition) is 2. The van der Waals surface area contributed by atoms with Crippen LogP contribution in [0.25, 0.3) is 0 Å². The maximum atomic E-state index is 6.09. The fourth-order valence-electron chi connectivity index (χ4n) is 2.64. The largest absolute Gasteiger partial charge is 0.496 e. The molecule has 0 amide bonds. The van der Waals surface area contributed by atoms with E-state index in [4.69, 9.17) is 16.3 Å². The van der Waals surface area contributed by atoms with E-state index in [2.05, 4.69) is 19.2 Å². The Morgan fingerprint density at radius 3 is 2.82 bits per heavy atom. The molecule has 0 spiro atoms. The molecule has 1 unspecified atom stereocenters. The maximum Gasteiger partial charge on any atom is 0.122 e. The topological polar surface area (TPSA) is 21.3 Å². The molecule has 3 heteroatoms. The Kier molecular flexibility index (Phi) is 3.64. The number of nitrogens with one attached hydrogen (secondary N) is 1. The predicted molar refractivity (Wildman–Crippen MR) is 72.0 cm³/mol. The van der Waals surface area contributed by atoms with Crippen molar-refractivity contribution >= 4 is 11.6 Å². The number of ether oxygens (including phenoxy) is 1. The molecule has 17 heavy (non-hydrogen) atoms. The van der Waals surface area contributed by atoms with Crippen LogP contribution in [0.5, 0.6) is 5.75 Å². The van der Waals surface area contributed by atoms with Gasteiger partial charge in [0.15, 0.2) is 0 Å². The van der Waals surface area contributed by atoms with Crippen LogP contribution in [0.1, 0.15) is 31.7 Å². The number of hydrogen-bond donors (Lipinski definition) is 1. The van der Waals surface area contributed by atoms with Crippen LogP contribution in [0.2, 0.25) is 5.02 Å². The summed E-state index contributed by atoms with van der Waals surface area (Å²) in [4.78, 5) is 0. The van der Waals surface area contributed by atoms with Crippen molar-refractivity contribution in [2.45, 2.75) is 26.2 Å². The van der Waals surface area contributed by atoms with Gasteiger partial charge in [0.25, 0.3) is 0 Å². The van der Waals surface area contributed by atoms with Gasteiger partial charge in [-0.15, -0.1) is 0 Å². The second-order valence-corrected chi connectivity index (χ2v) is 6.02. The first kappa shape index (κ1) is 12.7. The number of methoxy groups -OCH3 is 1. The number of rotatable bonds is 2. The Morgan fingerprint density at radius 2 is 2.18 bits per heavy atom. The summed E-state index contributed by atoms with van der Waals surface area (Å²) in [5.74, 6) is 1.42. The van der Waals surface area contributed by atoms with Gasteiger partial charge >= 0.3 is 0 Å². The van der Waals surface area contributed by atoms with Crippen LogP contribution in [0.4, 0.5) is 0 Å². The Hall–Kier alpha value is -0.730. The lowest BCUT2D eigenvalue weighted by atomic mass is 9.77. The van der Waals surface area contributed by atoms with E-state index in [0.29, 0.717) is 11.3 Å². The molecule has 1 saturated heterocycles. The zero-order valence-electron chi connectivity index (χ0n) is 10.7. The minimum absolute atomic E-state index is 0.330. The summed E-state index contributed by atoms with van der Waals surface area (Å²) in [6.07, 6.45) is 1.16. The molecular formula is C14H20ClNO. The van der Waals surface area contributed by atoms with E-state index < -0.39 is 0 Å². The molecule has 0 saturated carbocycles. The Bertz CT molecular complexity index is 403. The molecule has 1 heterocycles. The van der Waals surface area contributed by atoms with E-state index in [0.717, 1.165) is 30.3 Å². The molecule has 0 aliphatic carbocycles. The average Bonchev–Trinajstić information content (AvgIpc) is 2.27. The van der Waals surface area contributed by atoms with Crippen LogP contribution in [0.3, 0.4) is 0 Å². The lowest BCUT2D eigenvalue weighted by Crippen LogP contribution is -2.40.